The van der Waals surface area contributed by atoms with E-state index in [2.05, 4.69) is 47.6 Å². The number of ether oxygens (including phenoxy) is 1. The van der Waals surface area contributed by atoms with Gasteiger partial charge in [0.05, 0.1) is 0 Å². The van der Waals surface area contributed by atoms with E-state index >= 15 is 0 Å². The molecule has 2 spiro atoms. The van der Waals surface area contributed by atoms with Crippen LogP contribution in [-0.2, 0) is 9.53 Å². The molecule has 0 aromatic heterocycles. The molecule has 5 aliphatic carbocycles. The largest absolute Gasteiger partial charge is 0.462 e. The zero-order valence-corrected chi connectivity index (χ0v) is 24.6. The van der Waals surface area contributed by atoms with Crippen molar-refractivity contribution in [2.75, 3.05) is 0 Å². The Morgan fingerprint density at radius 3 is 2.26 bits per heavy atom. The summed E-state index contributed by atoms with van der Waals surface area (Å²) in [5.74, 6) is 4.35. The molecule has 0 saturated heterocycles. The minimum atomic E-state index is -0.0904. The van der Waals surface area contributed by atoms with Crippen molar-refractivity contribution < 1.29 is 9.53 Å². The van der Waals surface area contributed by atoms with E-state index in [4.69, 9.17) is 4.74 Å². The van der Waals surface area contributed by atoms with E-state index in [-0.39, 0.29) is 17.5 Å². The van der Waals surface area contributed by atoms with Gasteiger partial charge in [0.2, 0.25) is 0 Å². The zero-order chi connectivity index (χ0) is 25.8. The third-order valence-electron chi connectivity index (χ3n) is 12.5. The Hall–Kier alpha value is -0.790. The van der Waals surface area contributed by atoms with Gasteiger partial charge < -0.3 is 4.74 Å². The Balaban J connectivity index is 0.00000141. The fourth-order valence-corrected chi connectivity index (χ4v) is 11.1. The van der Waals surface area contributed by atoms with Crippen molar-refractivity contribution in [2.24, 2.45) is 51.2 Å². The molecule has 5 rings (SSSR count). The minimum absolute atomic E-state index is 0.0904. The maximum Gasteiger partial charge on any atom is 0.302 e. The summed E-state index contributed by atoms with van der Waals surface area (Å²) in [6.45, 7) is 20.2. The van der Waals surface area contributed by atoms with Gasteiger partial charge in [0.1, 0.15) is 6.10 Å². The molecule has 35 heavy (non-hydrogen) atoms. The van der Waals surface area contributed by atoms with E-state index in [9.17, 15) is 4.79 Å². The molecule has 0 aliphatic heterocycles. The van der Waals surface area contributed by atoms with E-state index < -0.39 is 0 Å². The van der Waals surface area contributed by atoms with Crippen LogP contribution in [0.2, 0.25) is 0 Å². The van der Waals surface area contributed by atoms with Gasteiger partial charge in [-0.3, -0.25) is 4.79 Å². The van der Waals surface area contributed by atoms with Crippen LogP contribution in [0.25, 0.3) is 0 Å². The van der Waals surface area contributed by atoms with E-state index in [0.717, 1.165) is 36.0 Å². The minimum Gasteiger partial charge on any atom is -0.462 e. The molecule has 9 unspecified atom stereocenters. The molecule has 5 fully saturated rings. The Morgan fingerprint density at radius 2 is 1.60 bits per heavy atom. The first-order valence-corrected chi connectivity index (χ1v) is 15.3. The average Bonchev–Trinajstić information content (AvgIpc) is 3.33. The van der Waals surface area contributed by atoms with Crippen LogP contribution < -0.4 is 0 Å². The highest BCUT2D eigenvalue weighted by Gasteiger charge is 2.80. The topological polar surface area (TPSA) is 26.3 Å². The fraction of sp³-hybridized carbons (Fsp3) is 0.909. The van der Waals surface area contributed by atoms with Gasteiger partial charge in [-0.25, -0.2) is 0 Å². The van der Waals surface area contributed by atoms with Crippen molar-refractivity contribution >= 4 is 5.97 Å². The van der Waals surface area contributed by atoms with Gasteiger partial charge in [0.25, 0.3) is 0 Å². The second kappa shape index (κ2) is 9.50. The molecular formula is C33H56O2. The van der Waals surface area contributed by atoms with Crippen LogP contribution in [0, 0.1) is 51.2 Å². The third kappa shape index (κ3) is 4.06. The number of hydrogen-bond acceptors (Lipinski definition) is 2. The Labute approximate surface area is 217 Å². The summed E-state index contributed by atoms with van der Waals surface area (Å²) in [5.41, 5.74) is 3.35. The van der Waals surface area contributed by atoms with Crippen molar-refractivity contribution in [2.45, 2.75) is 139 Å². The maximum atomic E-state index is 11.8. The summed E-state index contributed by atoms with van der Waals surface area (Å²) >= 11 is 0. The molecule has 200 valence electrons. The average molecular weight is 485 g/mol. The molecule has 0 bridgehead atoms. The first kappa shape index (κ1) is 27.3. The van der Waals surface area contributed by atoms with E-state index in [1.807, 2.05) is 13.8 Å². The molecule has 0 radical (unpaired) electrons. The number of hydrogen-bond donors (Lipinski definition) is 0. The number of carbonyl (C=O) groups is 1. The first-order chi connectivity index (χ1) is 16.5. The predicted octanol–water partition coefficient (Wildman–Crippen LogP) is 9.38. The first-order valence-electron chi connectivity index (χ1n) is 15.3. The molecule has 9 atom stereocenters. The molecular weight excluding hydrogens is 428 g/mol. The van der Waals surface area contributed by atoms with Gasteiger partial charge in [-0.05, 0) is 130 Å². The van der Waals surface area contributed by atoms with Crippen molar-refractivity contribution in [1.29, 1.82) is 0 Å². The summed E-state index contributed by atoms with van der Waals surface area (Å²) in [4.78, 5) is 11.8. The lowest BCUT2D eigenvalue weighted by Gasteiger charge is -2.59. The molecule has 0 N–H and O–H groups in total. The maximum absolute atomic E-state index is 11.8. The van der Waals surface area contributed by atoms with Crippen LogP contribution in [-0.4, -0.2) is 12.1 Å². The highest BCUT2D eigenvalue weighted by atomic mass is 16.5. The summed E-state index contributed by atoms with van der Waals surface area (Å²) < 4.78 is 5.88. The molecule has 0 amide bonds. The summed E-state index contributed by atoms with van der Waals surface area (Å²) in [7, 11) is 0. The normalized spacial score (nSPS) is 45.3. The van der Waals surface area contributed by atoms with Gasteiger partial charge >= 0.3 is 5.97 Å². The number of carbonyl (C=O) groups excluding carboxylic acids is 1. The SMILES string of the molecule is CC.CC(=O)OC1CCC23CC24CCC2(C)C(C(C)CCC=C(C)C)CCC2C4CCC3C1(C)C. The van der Waals surface area contributed by atoms with Crippen LogP contribution in [0.1, 0.15) is 133 Å². The van der Waals surface area contributed by atoms with Crippen LogP contribution in [0.3, 0.4) is 0 Å². The number of rotatable bonds is 5. The standard InChI is InChI=1S/C31H50O2.C2H6/c1-20(2)9-8-10-21(3)23-11-12-24-25-13-14-26-28(5,6)27(33-22(4)32)15-16-31(26)19-30(25,31)18-17-29(23,24)7;1-2/h9,21,23-27H,8,10-19H2,1-7H3;1-2H3. The lowest BCUT2D eigenvalue weighted by atomic mass is 9.46. The van der Waals surface area contributed by atoms with Gasteiger partial charge in [0, 0.05) is 12.3 Å². The smallest absolute Gasteiger partial charge is 0.302 e. The quantitative estimate of drug-likeness (QED) is 0.287. The molecule has 5 saturated carbocycles. The van der Waals surface area contributed by atoms with Gasteiger partial charge in [-0.15, -0.1) is 0 Å². The Kier molecular flexibility index (Phi) is 7.40. The summed E-state index contributed by atoms with van der Waals surface area (Å²) in [6, 6.07) is 0. The third-order valence-corrected chi connectivity index (χ3v) is 12.5. The Bertz CT molecular complexity index is 821. The van der Waals surface area contributed by atoms with Crippen molar-refractivity contribution in [3.05, 3.63) is 11.6 Å². The van der Waals surface area contributed by atoms with Crippen LogP contribution >= 0.6 is 0 Å². The van der Waals surface area contributed by atoms with Crippen molar-refractivity contribution in [3.63, 3.8) is 0 Å². The van der Waals surface area contributed by atoms with Crippen LogP contribution in [0.5, 0.6) is 0 Å². The van der Waals surface area contributed by atoms with Crippen LogP contribution in [0.15, 0.2) is 11.6 Å². The summed E-state index contributed by atoms with van der Waals surface area (Å²) in [6.07, 6.45) is 17.8. The fourth-order valence-electron chi connectivity index (χ4n) is 11.1. The van der Waals surface area contributed by atoms with E-state index in [1.165, 1.54) is 69.8 Å². The lowest BCUT2D eigenvalue weighted by Crippen LogP contribution is -2.55. The second-order valence-electron chi connectivity index (χ2n) is 14.3. The zero-order valence-electron chi connectivity index (χ0n) is 24.6. The van der Waals surface area contributed by atoms with Crippen molar-refractivity contribution in [1.82, 2.24) is 0 Å². The van der Waals surface area contributed by atoms with E-state index in [0.29, 0.717) is 16.2 Å². The molecule has 5 aliphatic rings. The van der Waals surface area contributed by atoms with Gasteiger partial charge in [-0.2, -0.15) is 0 Å². The molecule has 2 heteroatoms. The van der Waals surface area contributed by atoms with Crippen LogP contribution in [0.4, 0.5) is 0 Å². The molecule has 0 heterocycles. The highest BCUT2D eigenvalue weighted by molar-refractivity contribution is 5.66. The number of fused-ring (bicyclic) bond motifs is 2. The Morgan fingerprint density at radius 1 is 0.914 bits per heavy atom. The molecule has 0 aromatic carbocycles. The van der Waals surface area contributed by atoms with Gasteiger partial charge in [0.15, 0.2) is 0 Å². The number of esters is 1. The monoisotopic (exact) mass is 484 g/mol. The highest BCUT2D eigenvalue weighted by Crippen LogP contribution is 2.87. The predicted molar refractivity (Wildman–Crippen MR) is 147 cm³/mol. The summed E-state index contributed by atoms with van der Waals surface area (Å²) in [5, 5.41) is 0. The second-order valence-corrected chi connectivity index (χ2v) is 14.3. The lowest BCUT2D eigenvalue weighted by molar-refractivity contribution is -0.173. The van der Waals surface area contributed by atoms with Gasteiger partial charge in [-0.1, -0.05) is 53.2 Å². The molecule has 0 aromatic rings. The number of allylic oxidation sites excluding steroid dienone is 2. The van der Waals surface area contributed by atoms with E-state index in [1.54, 1.807) is 6.92 Å². The van der Waals surface area contributed by atoms with Crippen molar-refractivity contribution in [3.8, 4) is 0 Å². The molecule has 2 nitrogen and oxygen atoms in total.